The lowest BCUT2D eigenvalue weighted by atomic mass is 9.96. The molecule has 0 aliphatic carbocycles. The van der Waals surface area contributed by atoms with Gasteiger partial charge in [-0.05, 0) is 62.1 Å². The number of nitrogens with one attached hydrogen (secondary N) is 2. The topological polar surface area (TPSA) is 98.2 Å². The number of carbonyl (C=O) groups is 2. The van der Waals surface area contributed by atoms with Crippen LogP contribution in [0.3, 0.4) is 0 Å². The first-order chi connectivity index (χ1) is 17.4. The van der Waals surface area contributed by atoms with Gasteiger partial charge in [0.2, 0.25) is 0 Å². The maximum Gasteiger partial charge on any atom is 0.313 e. The maximum atomic E-state index is 12.8. The molecule has 2 aliphatic rings. The van der Waals surface area contributed by atoms with Gasteiger partial charge >= 0.3 is 11.9 Å². The van der Waals surface area contributed by atoms with E-state index in [0.717, 1.165) is 28.1 Å². The predicted molar refractivity (Wildman–Crippen MR) is 138 cm³/mol. The zero-order valence-corrected chi connectivity index (χ0v) is 21.6. The van der Waals surface area contributed by atoms with Gasteiger partial charge in [-0.25, -0.2) is 0 Å². The second-order valence-corrected chi connectivity index (χ2v) is 9.38. The Morgan fingerprint density at radius 2 is 1.97 bits per heavy atom. The molecule has 1 spiro atoms. The number of halogens is 1. The van der Waals surface area contributed by atoms with Gasteiger partial charge in [-0.15, -0.1) is 0 Å². The molecule has 9 heteroatoms. The van der Waals surface area contributed by atoms with E-state index in [4.69, 9.17) is 25.9 Å². The van der Waals surface area contributed by atoms with Crippen molar-refractivity contribution >= 4 is 34.9 Å². The summed E-state index contributed by atoms with van der Waals surface area (Å²) in [6.07, 6.45) is 1.14. The number of fused-ring (bicyclic) bond motifs is 2. The Labute approximate surface area is 216 Å². The lowest BCUT2D eigenvalue weighted by Gasteiger charge is -2.32. The van der Waals surface area contributed by atoms with Crippen LogP contribution in [0.25, 0.3) is 0 Å². The monoisotopic (exact) mass is 513 g/mol. The minimum atomic E-state index is -1.52. The lowest BCUT2D eigenvalue weighted by Crippen LogP contribution is -2.44. The SMILES string of the molecule is CCO/N=C(\C)c1ccc(CNc2c(Cl)ccc3c2CCNCC32OC(=O)CC(CC)C(=O)O2)cc1. The van der Waals surface area contributed by atoms with Gasteiger partial charge in [-0.1, -0.05) is 47.9 Å². The molecule has 2 aromatic rings. The van der Waals surface area contributed by atoms with Crippen LogP contribution in [-0.4, -0.2) is 37.3 Å². The van der Waals surface area contributed by atoms with Crippen molar-refractivity contribution in [1.82, 2.24) is 5.32 Å². The first kappa shape index (κ1) is 26.0. The van der Waals surface area contributed by atoms with E-state index in [-0.39, 0.29) is 13.0 Å². The van der Waals surface area contributed by atoms with Gasteiger partial charge in [0.05, 0.1) is 35.3 Å². The molecule has 4 rings (SSSR count). The second kappa shape index (κ2) is 11.3. The summed E-state index contributed by atoms with van der Waals surface area (Å²) >= 11 is 6.63. The van der Waals surface area contributed by atoms with Crippen LogP contribution in [-0.2, 0) is 42.7 Å². The molecule has 0 saturated carbocycles. The molecule has 36 heavy (non-hydrogen) atoms. The molecule has 8 nitrogen and oxygen atoms in total. The molecule has 0 amide bonds. The quantitative estimate of drug-likeness (QED) is 0.319. The van der Waals surface area contributed by atoms with E-state index < -0.39 is 23.6 Å². The van der Waals surface area contributed by atoms with E-state index in [9.17, 15) is 9.59 Å². The third-order valence-corrected chi connectivity index (χ3v) is 6.85. The summed E-state index contributed by atoms with van der Waals surface area (Å²) in [7, 11) is 0. The molecule has 2 atom stereocenters. The van der Waals surface area contributed by atoms with Gasteiger partial charge in [-0.2, -0.15) is 0 Å². The fraction of sp³-hybridized carbons (Fsp3) is 0.444. The summed E-state index contributed by atoms with van der Waals surface area (Å²) in [5.41, 5.74) is 5.07. The summed E-state index contributed by atoms with van der Waals surface area (Å²) in [4.78, 5) is 30.6. The highest BCUT2D eigenvalue weighted by atomic mass is 35.5. The van der Waals surface area contributed by atoms with Crippen LogP contribution in [0.4, 0.5) is 5.69 Å². The van der Waals surface area contributed by atoms with Crippen molar-refractivity contribution in [2.45, 2.75) is 52.4 Å². The van der Waals surface area contributed by atoms with Crippen LogP contribution in [0.5, 0.6) is 0 Å². The Balaban J connectivity index is 1.62. The van der Waals surface area contributed by atoms with Gasteiger partial charge in [0, 0.05) is 12.1 Å². The second-order valence-electron chi connectivity index (χ2n) is 8.98. The summed E-state index contributed by atoms with van der Waals surface area (Å²) in [5.74, 6) is -2.91. The molecular weight excluding hydrogens is 482 g/mol. The van der Waals surface area contributed by atoms with Crippen LogP contribution in [0.15, 0.2) is 41.6 Å². The average molecular weight is 514 g/mol. The first-order valence-corrected chi connectivity index (χ1v) is 12.7. The third kappa shape index (κ3) is 5.50. The first-order valence-electron chi connectivity index (χ1n) is 12.3. The maximum absolute atomic E-state index is 12.8. The van der Waals surface area contributed by atoms with E-state index in [2.05, 4.69) is 15.8 Å². The fourth-order valence-corrected chi connectivity index (χ4v) is 4.77. The van der Waals surface area contributed by atoms with Gasteiger partial charge in [0.1, 0.15) is 6.61 Å². The minimum absolute atomic E-state index is 0.00978. The molecule has 192 valence electrons. The summed E-state index contributed by atoms with van der Waals surface area (Å²) < 4.78 is 11.7. The molecular formula is C27H32ClN3O5. The molecule has 0 radical (unpaired) electrons. The summed E-state index contributed by atoms with van der Waals surface area (Å²) in [6, 6.07) is 11.6. The Morgan fingerprint density at radius 3 is 2.69 bits per heavy atom. The van der Waals surface area contributed by atoms with Crippen molar-refractivity contribution in [1.29, 1.82) is 0 Å². The number of oxime groups is 1. The van der Waals surface area contributed by atoms with Crippen molar-refractivity contribution in [3.8, 4) is 0 Å². The number of esters is 2. The molecule has 1 fully saturated rings. The number of carbonyl (C=O) groups excluding carboxylic acids is 2. The van der Waals surface area contributed by atoms with Crippen molar-refractivity contribution in [3.05, 3.63) is 63.7 Å². The Bertz CT molecular complexity index is 1150. The van der Waals surface area contributed by atoms with Gasteiger partial charge in [0.25, 0.3) is 5.79 Å². The number of rotatable bonds is 7. The molecule has 2 N–H and O–H groups in total. The Morgan fingerprint density at radius 1 is 1.19 bits per heavy atom. The van der Waals surface area contributed by atoms with Gasteiger partial charge < -0.3 is 24.9 Å². The van der Waals surface area contributed by atoms with Crippen molar-refractivity contribution < 1.29 is 23.9 Å². The zero-order valence-electron chi connectivity index (χ0n) is 20.9. The highest BCUT2D eigenvalue weighted by molar-refractivity contribution is 6.33. The Kier molecular flexibility index (Phi) is 8.16. The van der Waals surface area contributed by atoms with E-state index in [1.54, 1.807) is 12.1 Å². The van der Waals surface area contributed by atoms with E-state index in [1.165, 1.54) is 0 Å². The smallest absolute Gasteiger partial charge is 0.313 e. The average Bonchev–Trinajstić information content (AvgIpc) is 3.12. The summed E-state index contributed by atoms with van der Waals surface area (Å²) in [6.45, 7) is 7.50. The highest BCUT2D eigenvalue weighted by Crippen LogP contribution is 2.41. The van der Waals surface area contributed by atoms with Gasteiger partial charge in [-0.3, -0.25) is 9.59 Å². The molecule has 1 saturated heterocycles. The number of ether oxygens (including phenoxy) is 2. The third-order valence-electron chi connectivity index (χ3n) is 6.54. The van der Waals surface area contributed by atoms with Crippen LogP contribution in [0, 0.1) is 5.92 Å². The van der Waals surface area contributed by atoms with Crippen molar-refractivity contribution in [2.75, 3.05) is 25.0 Å². The number of hydrogen-bond acceptors (Lipinski definition) is 8. The molecule has 0 aromatic heterocycles. The largest absolute Gasteiger partial charge is 0.416 e. The van der Waals surface area contributed by atoms with Crippen LogP contribution < -0.4 is 10.6 Å². The zero-order chi connectivity index (χ0) is 25.7. The molecule has 2 aromatic carbocycles. The molecule has 2 unspecified atom stereocenters. The van der Waals surface area contributed by atoms with Crippen LogP contribution >= 0.6 is 11.6 Å². The van der Waals surface area contributed by atoms with Crippen LogP contribution in [0.2, 0.25) is 5.02 Å². The van der Waals surface area contributed by atoms with Crippen LogP contribution in [0.1, 0.15) is 55.9 Å². The van der Waals surface area contributed by atoms with Crippen molar-refractivity contribution in [3.63, 3.8) is 0 Å². The van der Waals surface area contributed by atoms with E-state index in [1.807, 2.05) is 45.0 Å². The number of benzene rings is 2. The van der Waals surface area contributed by atoms with E-state index in [0.29, 0.717) is 43.1 Å². The fourth-order valence-electron chi connectivity index (χ4n) is 4.53. The minimum Gasteiger partial charge on any atom is -0.416 e. The molecule has 2 aliphatic heterocycles. The van der Waals surface area contributed by atoms with Crippen molar-refractivity contribution in [2.24, 2.45) is 11.1 Å². The number of anilines is 1. The van der Waals surface area contributed by atoms with E-state index >= 15 is 0 Å². The normalized spacial score (nSPS) is 22.2. The number of nitrogens with zero attached hydrogens (tertiary/aromatic N) is 1. The highest BCUT2D eigenvalue weighted by Gasteiger charge is 2.48. The standard InChI is InChI=1S/C27H32ClN3O5/c1-4-19-14-24(32)35-27(36-26(19)33)16-29-13-12-21-22(27)10-11-23(28)25(21)30-15-18-6-8-20(9-7-18)17(3)31-34-5-2/h6-11,19,29-30H,4-5,12-16H2,1-3H3/b31-17+. The lowest BCUT2D eigenvalue weighted by molar-refractivity contribution is -0.226. The number of hydrogen-bond donors (Lipinski definition) is 2. The van der Waals surface area contributed by atoms with Gasteiger partial charge in [0.15, 0.2) is 0 Å². The molecule has 2 heterocycles. The predicted octanol–water partition coefficient (Wildman–Crippen LogP) is 4.53. The summed E-state index contributed by atoms with van der Waals surface area (Å²) in [5, 5.41) is 11.3. The Hall–Kier alpha value is -3.10. The molecule has 0 bridgehead atoms.